The summed E-state index contributed by atoms with van der Waals surface area (Å²) in [6.07, 6.45) is 11.9. The minimum atomic E-state index is -1.42. The normalized spacial score (nSPS) is 42.2. The molecule has 2 bridgehead atoms. The largest absolute Gasteiger partial charge is 0.511 e. The molecule has 1 saturated carbocycles. The van der Waals surface area contributed by atoms with Gasteiger partial charge < -0.3 is 14.6 Å². The van der Waals surface area contributed by atoms with Crippen LogP contribution < -0.4 is 0 Å². The highest BCUT2D eigenvalue weighted by Gasteiger charge is 2.66. The highest BCUT2D eigenvalue weighted by Crippen LogP contribution is 2.62. The number of rotatable bonds is 1. The number of Topliss-reactive ketones (excluding diaryl/α,β-unsaturated/α-hetero) is 1. The Bertz CT molecular complexity index is 1370. The summed E-state index contributed by atoms with van der Waals surface area (Å²) in [5.74, 6) is -2.01. The maximum Gasteiger partial charge on any atom is 0.346 e. The number of hydrogen-bond donors (Lipinski definition) is 1. The topological polar surface area (TPSA) is 89.9 Å². The molecule has 5 aliphatic rings. The average Bonchev–Trinajstić information content (AvgIpc) is 3.13. The van der Waals surface area contributed by atoms with Gasteiger partial charge in [-0.15, -0.1) is 0 Å². The maximum atomic E-state index is 14.8. The SMILES string of the molecule is CC(=O)OC1CCC(C)C2C1C=C(C)C1C(C)=CCCC(C)=CC3(C)C=C(C)C(C)CC34OC(=O)C(=C(O)C12C)C4=O. The predicted octanol–water partition coefficient (Wildman–Crippen LogP) is 7.52. The first-order valence-corrected chi connectivity index (χ1v) is 15.7. The van der Waals surface area contributed by atoms with Crippen molar-refractivity contribution in [3.8, 4) is 0 Å². The Morgan fingerprint density at radius 2 is 1.71 bits per heavy atom. The van der Waals surface area contributed by atoms with Crippen molar-refractivity contribution in [2.24, 2.45) is 40.4 Å². The molecule has 0 aromatic rings. The number of allylic oxidation sites excluding steroid dienone is 6. The van der Waals surface area contributed by atoms with Crippen molar-refractivity contribution in [3.63, 3.8) is 0 Å². The molecule has 1 spiro atoms. The van der Waals surface area contributed by atoms with E-state index in [2.05, 4.69) is 65.8 Å². The van der Waals surface area contributed by atoms with E-state index in [1.807, 2.05) is 13.8 Å². The molecule has 1 N–H and O–H groups in total. The first kappa shape index (κ1) is 30.6. The Labute approximate surface area is 251 Å². The van der Waals surface area contributed by atoms with Crippen LogP contribution in [0.5, 0.6) is 0 Å². The minimum absolute atomic E-state index is 0.0417. The summed E-state index contributed by atoms with van der Waals surface area (Å²) < 4.78 is 12.1. The molecular weight excluding hydrogens is 528 g/mol. The highest BCUT2D eigenvalue weighted by atomic mass is 16.6. The van der Waals surface area contributed by atoms with Crippen molar-refractivity contribution in [1.29, 1.82) is 0 Å². The van der Waals surface area contributed by atoms with Crippen LogP contribution in [0.2, 0.25) is 0 Å². The molecule has 42 heavy (non-hydrogen) atoms. The zero-order valence-electron chi connectivity index (χ0n) is 26.8. The fraction of sp³-hybridized carbons (Fsp3) is 0.639. The van der Waals surface area contributed by atoms with Crippen molar-refractivity contribution in [2.45, 2.75) is 106 Å². The molecule has 6 nitrogen and oxygen atoms in total. The zero-order valence-corrected chi connectivity index (χ0v) is 26.8. The summed E-state index contributed by atoms with van der Waals surface area (Å²) in [5, 5.41) is 12.5. The van der Waals surface area contributed by atoms with Crippen molar-refractivity contribution in [2.75, 3.05) is 0 Å². The molecule has 228 valence electrons. The van der Waals surface area contributed by atoms with Crippen LogP contribution in [0, 0.1) is 40.4 Å². The van der Waals surface area contributed by atoms with E-state index in [1.54, 1.807) is 0 Å². The van der Waals surface area contributed by atoms with Crippen LogP contribution in [-0.4, -0.2) is 34.5 Å². The molecule has 1 heterocycles. The van der Waals surface area contributed by atoms with E-state index in [0.717, 1.165) is 48.0 Å². The second kappa shape index (κ2) is 10.4. The lowest BCUT2D eigenvalue weighted by molar-refractivity contribution is -0.162. The average molecular weight is 577 g/mol. The van der Waals surface area contributed by atoms with Gasteiger partial charge >= 0.3 is 11.9 Å². The summed E-state index contributed by atoms with van der Waals surface area (Å²) in [6, 6.07) is 0. The van der Waals surface area contributed by atoms with Gasteiger partial charge in [0.25, 0.3) is 0 Å². The van der Waals surface area contributed by atoms with Gasteiger partial charge in [-0.1, -0.05) is 67.4 Å². The lowest BCUT2D eigenvalue weighted by Crippen LogP contribution is -2.54. The van der Waals surface area contributed by atoms with Crippen LogP contribution in [0.4, 0.5) is 0 Å². The van der Waals surface area contributed by atoms with Crippen molar-refractivity contribution >= 4 is 17.7 Å². The minimum Gasteiger partial charge on any atom is -0.511 e. The van der Waals surface area contributed by atoms with Crippen LogP contribution in [0.1, 0.15) is 94.4 Å². The molecule has 9 atom stereocenters. The van der Waals surface area contributed by atoms with E-state index < -0.39 is 28.2 Å². The van der Waals surface area contributed by atoms with Gasteiger partial charge in [-0.25, -0.2) is 4.79 Å². The summed E-state index contributed by atoms with van der Waals surface area (Å²) in [6.45, 7) is 18.0. The lowest BCUT2D eigenvalue weighted by atomic mass is 9.49. The molecule has 0 aromatic carbocycles. The number of hydrogen-bond acceptors (Lipinski definition) is 6. The van der Waals surface area contributed by atoms with E-state index in [-0.39, 0.29) is 53.0 Å². The molecule has 0 aromatic heterocycles. The standard InChI is InChI=1S/C36H48O6/c1-19-11-10-12-20(2)29-22(4)15-26-27(41-25(7)37)14-13-21(3)30(26)35(29,9)31(38)28-32(39)36(42-33(28)40)18-24(6)23(5)17-34(36,8)16-19/h12,15-17,21,24,26-27,29-30,38H,10-11,13-14,18H2,1-9H3. The third-order valence-corrected chi connectivity index (χ3v) is 11.5. The van der Waals surface area contributed by atoms with Crippen LogP contribution in [0.25, 0.3) is 0 Å². The molecule has 4 aliphatic carbocycles. The van der Waals surface area contributed by atoms with Gasteiger partial charge in [-0.2, -0.15) is 0 Å². The van der Waals surface area contributed by atoms with Gasteiger partial charge in [0, 0.05) is 30.6 Å². The Hall–Kier alpha value is -2.89. The molecule has 0 amide bonds. The van der Waals surface area contributed by atoms with E-state index in [0.29, 0.717) is 6.42 Å². The fourth-order valence-electron chi connectivity index (χ4n) is 9.60. The van der Waals surface area contributed by atoms with Crippen LogP contribution in [-0.2, 0) is 23.9 Å². The number of carbonyl (C=O) groups excluding carboxylic acids is 3. The first-order valence-electron chi connectivity index (χ1n) is 15.7. The van der Waals surface area contributed by atoms with Crippen molar-refractivity contribution in [1.82, 2.24) is 0 Å². The summed E-state index contributed by atoms with van der Waals surface area (Å²) >= 11 is 0. The monoisotopic (exact) mass is 576 g/mol. The molecular formula is C36H48O6. The number of carbonyl (C=O) groups is 3. The molecule has 6 heteroatoms. The third kappa shape index (κ3) is 4.38. The molecule has 5 rings (SSSR count). The Morgan fingerprint density at radius 1 is 1.02 bits per heavy atom. The van der Waals surface area contributed by atoms with Gasteiger partial charge in [0.05, 0.1) is 5.41 Å². The molecule has 1 aliphatic heterocycles. The van der Waals surface area contributed by atoms with Gasteiger partial charge in [0.2, 0.25) is 5.78 Å². The van der Waals surface area contributed by atoms with E-state index in [1.165, 1.54) is 6.92 Å². The second-order valence-corrected chi connectivity index (χ2v) is 14.5. The van der Waals surface area contributed by atoms with Crippen molar-refractivity contribution in [3.05, 3.63) is 57.9 Å². The number of ether oxygens (including phenoxy) is 2. The third-order valence-electron chi connectivity index (χ3n) is 11.5. The second-order valence-electron chi connectivity index (χ2n) is 14.5. The molecule has 0 radical (unpaired) electrons. The fourth-order valence-corrected chi connectivity index (χ4v) is 9.60. The Morgan fingerprint density at radius 3 is 2.38 bits per heavy atom. The van der Waals surface area contributed by atoms with Crippen molar-refractivity contribution < 1.29 is 29.0 Å². The smallest absolute Gasteiger partial charge is 0.346 e. The summed E-state index contributed by atoms with van der Waals surface area (Å²) in [4.78, 5) is 40.8. The summed E-state index contributed by atoms with van der Waals surface area (Å²) in [7, 11) is 0. The lowest BCUT2D eigenvalue weighted by Gasteiger charge is -2.56. The zero-order chi connectivity index (χ0) is 30.9. The van der Waals surface area contributed by atoms with Gasteiger partial charge in [0.15, 0.2) is 5.60 Å². The first-order chi connectivity index (χ1) is 19.6. The maximum absolute atomic E-state index is 14.8. The van der Waals surface area contributed by atoms with Gasteiger partial charge in [-0.05, 0) is 78.1 Å². The molecule has 9 unspecified atom stereocenters. The number of aliphatic hydroxyl groups excluding tert-OH is 1. The van der Waals surface area contributed by atoms with E-state index in [4.69, 9.17) is 9.47 Å². The number of aliphatic hydroxyl groups is 1. The molecule has 2 fully saturated rings. The van der Waals surface area contributed by atoms with E-state index in [9.17, 15) is 19.5 Å². The van der Waals surface area contributed by atoms with Gasteiger partial charge in [0.1, 0.15) is 17.4 Å². The molecule has 1 saturated heterocycles. The van der Waals surface area contributed by atoms with E-state index >= 15 is 0 Å². The van der Waals surface area contributed by atoms with Crippen LogP contribution in [0.15, 0.2) is 57.9 Å². The number of fused-ring (bicyclic) bond motifs is 4. The van der Waals surface area contributed by atoms with Gasteiger partial charge in [-0.3, -0.25) is 9.59 Å². The Balaban J connectivity index is 1.80. The Kier molecular flexibility index (Phi) is 7.55. The number of ketones is 1. The highest BCUT2D eigenvalue weighted by molar-refractivity contribution is 6.26. The quantitative estimate of drug-likeness (QED) is 0.197. The number of esters is 2. The van der Waals surface area contributed by atoms with Crippen LogP contribution in [0.3, 0.4) is 0 Å². The van der Waals surface area contributed by atoms with Crippen LogP contribution >= 0.6 is 0 Å². The predicted molar refractivity (Wildman–Crippen MR) is 162 cm³/mol. The summed E-state index contributed by atoms with van der Waals surface area (Å²) in [5.41, 5.74) is 0.982.